The number of fused-ring (bicyclic) bond motifs is 1. The molecule has 0 bridgehead atoms. The Balaban J connectivity index is 1.31. The van der Waals surface area contributed by atoms with Gasteiger partial charge in [0.15, 0.2) is 6.61 Å². The molecule has 2 heterocycles. The van der Waals surface area contributed by atoms with Crippen molar-refractivity contribution in [2.24, 2.45) is 11.8 Å². The fourth-order valence-electron chi connectivity index (χ4n) is 4.71. The van der Waals surface area contributed by atoms with Crippen molar-refractivity contribution in [3.63, 3.8) is 0 Å². The van der Waals surface area contributed by atoms with Crippen molar-refractivity contribution in [2.75, 3.05) is 46.0 Å². The average molecular weight is 378 g/mol. The van der Waals surface area contributed by atoms with E-state index in [2.05, 4.69) is 4.90 Å². The quantitative estimate of drug-likeness (QED) is 0.851. The van der Waals surface area contributed by atoms with Crippen molar-refractivity contribution in [1.29, 1.82) is 0 Å². The molecule has 6 nitrogen and oxygen atoms in total. The number of carbonyl (C=O) groups excluding carboxylic acids is 1. The van der Waals surface area contributed by atoms with Crippen LogP contribution in [0.4, 0.5) is 4.39 Å². The van der Waals surface area contributed by atoms with E-state index in [4.69, 9.17) is 9.47 Å². The lowest BCUT2D eigenvalue weighted by Crippen LogP contribution is -2.53. The third-order valence-electron chi connectivity index (χ3n) is 6.13. The number of rotatable bonds is 4. The van der Waals surface area contributed by atoms with Crippen molar-refractivity contribution in [2.45, 2.75) is 25.0 Å². The van der Waals surface area contributed by atoms with Crippen LogP contribution in [0.3, 0.4) is 0 Å². The molecule has 4 atom stereocenters. The van der Waals surface area contributed by atoms with E-state index in [1.807, 2.05) is 4.90 Å². The van der Waals surface area contributed by atoms with Gasteiger partial charge in [0, 0.05) is 38.3 Å². The van der Waals surface area contributed by atoms with Gasteiger partial charge in [0.1, 0.15) is 11.6 Å². The van der Waals surface area contributed by atoms with Gasteiger partial charge in [-0.2, -0.15) is 0 Å². The van der Waals surface area contributed by atoms with Crippen LogP contribution < -0.4 is 4.74 Å². The summed E-state index contributed by atoms with van der Waals surface area (Å²) >= 11 is 0. The van der Waals surface area contributed by atoms with E-state index in [0.717, 1.165) is 39.1 Å². The van der Waals surface area contributed by atoms with Crippen LogP contribution in [0, 0.1) is 17.7 Å². The molecule has 1 amide bonds. The number of likely N-dealkylation sites (tertiary alicyclic amines) is 1. The Hall–Kier alpha value is -1.70. The minimum atomic E-state index is -0.379. The summed E-state index contributed by atoms with van der Waals surface area (Å²) in [7, 11) is 0. The molecule has 2 aliphatic heterocycles. The number of benzene rings is 1. The predicted octanol–water partition coefficient (Wildman–Crippen LogP) is 1.13. The minimum Gasteiger partial charge on any atom is -0.484 e. The van der Waals surface area contributed by atoms with Crippen molar-refractivity contribution >= 4 is 5.91 Å². The van der Waals surface area contributed by atoms with Crippen molar-refractivity contribution in [3.05, 3.63) is 30.1 Å². The highest BCUT2D eigenvalue weighted by Crippen LogP contribution is 2.38. The number of morpholine rings is 1. The Labute approximate surface area is 158 Å². The second-order valence-electron chi connectivity index (χ2n) is 7.82. The number of nitrogens with zero attached hydrogens (tertiary/aromatic N) is 2. The molecular weight excluding hydrogens is 351 g/mol. The molecule has 1 saturated carbocycles. The summed E-state index contributed by atoms with van der Waals surface area (Å²) < 4.78 is 24.1. The highest BCUT2D eigenvalue weighted by Gasteiger charge is 2.44. The van der Waals surface area contributed by atoms with Crippen molar-refractivity contribution in [3.8, 4) is 5.75 Å². The molecule has 148 valence electrons. The Kier molecular flexibility index (Phi) is 5.61. The van der Waals surface area contributed by atoms with E-state index in [1.165, 1.54) is 12.1 Å². The third-order valence-corrected chi connectivity index (χ3v) is 6.13. The van der Waals surface area contributed by atoms with Crippen molar-refractivity contribution < 1.29 is 23.8 Å². The normalized spacial score (nSPS) is 31.6. The number of halogens is 1. The lowest BCUT2D eigenvalue weighted by atomic mass is 9.77. The molecule has 3 fully saturated rings. The molecule has 7 heteroatoms. The smallest absolute Gasteiger partial charge is 0.260 e. The number of aliphatic hydroxyl groups is 1. The van der Waals surface area contributed by atoms with Gasteiger partial charge >= 0.3 is 0 Å². The van der Waals surface area contributed by atoms with Crippen LogP contribution in [0.1, 0.15) is 12.8 Å². The maximum atomic E-state index is 13.2. The summed E-state index contributed by atoms with van der Waals surface area (Å²) in [6.45, 7) is 4.47. The summed E-state index contributed by atoms with van der Waals surface area (Å²) in [5.41, 5.74) is 0. The fourth-order valence-corrected chi connectivity index (χ4v) is 4.71. The van der Waals surface area contributed by atoms with E-state index in [-0.39, 0.29) is 30.5 Å². The summed E-state index contributed by atoms with van der Waals surface area (Å²) in [5, 5.41) is 10.6. The number of hydrogen-bond acceptors (Lipinski definition) is 5. The lowest BCUT2D eigenvalue weighted by molar-refractivity contribution is -0.132. The van der Waals surface area contributed by atoms with Gasteiger partial charge in [0.05, 0.1) is 19.3 Å². The summed E-state index contributed by atoms with van der Waals surface area (Å²) in [4.78, 5) is 16.7. The molecule has 4 rings (SSSR count). The van der Waals surface area contributed by atoms with Crippen molar-refractivity contribution in [1.82, 2.24) is 9.80 Å². The molecule has 0 aromatic heterocycles. The number of amides is 1. The van der Waals surface area contributed by atoms with Crippen LogP contribution in [0.25, 0.3) is 0 Å². The molecule has 0 radical (unpaired) electrons. The molecule has 0 unspecified atom stereocenters. The van der Waals surface area contributed by atoms with Gasteiger partial charge in [-0.3, -0.25) is 9.69 Å². The highest BCUT2D eigenvalue weighted by atomic mass is 19.1. The molecule has 1 aromatic rings. The first-order valence-electron chi connectivity index (χ1n) is 9.76. The molecule has 0 spiro atoms. The largest absolute Gasteiger partial charge is 0.484 e. The molecule has 1 N–H and O–H groups in total. The summed E-state index contributed by atoms with van der Waals surface area (Å²) in [6.07, 6.45) is 1.31. The summed E-state index contributed by atoms with van der Waals surface area (Å²) in [6, 6.07) is 5.99. The second-order valence-corrected chi connectivity index (χ2v) is 7.82. The molecule has 2 saturated heterocycles. The molecule has 1 aromatic carbocycles. The Morgan fingerprint density at radius 3 is 2.70 bits per heavy atom. The first-order chi connectivity index (χ1) is 13.1. The molecule has 27 heavy (non-hydrogen) atoms. The summed E-state index contributed by atoms with van der Waals surface area (Å²) in [5.74, 6) is 0.666. The monoisotopic (exact) mass is 378 g/mol. The Morgan fingerprint density at radius 1 is 1.22 bits per heavy atom. The fraction of sp³-hybridized carbons (Fsp3) is 0.650. The zero-order valence-corrected chi connectivity index (χ0v) is 15.4. The zero-order valence-electron chi connectivity index (χ0n) is 15.4. The van der Waals surface area contributed by atoms with Gasteiger partial charge in [-0.05, 0) is 36.8 Å². The zero-order chi connectivity index (χ0) is 18.8. The van der Waals surface area contributed by atoms with Crippen LogP contribution >= 0.6 is 0 Å². The number of hydrogen-bond donors (Lipinski definition) is 1. The Bertz CT molecular complexity index is 667. The average Bonchev–Trinajstić information content (AvgIpc) is 3.09. The van der Waals surface area contributed by atoms with E-state index in [9.17, 15) is 14.3 Å². The van der Waals surface area contributed by atoms with Crippen LogP contribution in [-0.4, -0.2) is 79.0 Å². The Morgan fingerprint density at radius 2 is 1.96 bits per heavy atom. The van der Waals surface area contributed by atoms with Crippen LogP contribution in [-0.2, 0) is 9.53 Å². The number of carbonyl (C=O) groups is 1. The predicted molar refractivity (Wildman–Crippen MR) is 96.9 cm³/mol. The minimum absolute atomic E-state index is 0.0777. The van der Waals surface area contributed by atoms with Gasteiger partial charge in [0.25, 0.3) is 5.91 Å². The topological polar surface area (TPSA) is 62.2 Å². The molecule has 1 aliphatic carbocycles. The van der Waals surface area contributed by atoms with E-state index >= 15 is 0 Å². The maximum absolute atomic E-state index is 13.2. The van der Waals surface area contributed by atoms with Gasteiger partial charge in [-0.1, -0.05) is 6.07 Å². The third kappa shape index (κ3) is 4.25. The highest BCUT2D eigenvalue weighted by molar-refractivity contribution is 5.78. The SMILES string of the molecule is O=C(COc1cccc(F)c1)N1C[C@H]2C[C@@H](N3CCOCC3)[C@H](O)C[C@H]2C1. The molecule has 3 aliphatic rings. The standard InChI is InChI=1S/C20H27FN2O4/c21-16-2-1-3-17(10-16)27-13-20(25)23-11-14-8-18(19(24)9-15(14)12-23)22-4-6-26-7-5-22/h1-3,10,14-15,18-19,24H,4-9,11-13H2/t14-,15+,18-,19-/m1/s1. The van der Waals surface area contributed by atoms with Crippen LogP contribution in [0.5, 0.6) is 5.75 Å². The van der Waals surface area contributed by atoms with Crippen LogP contribution in [0.2, 0.25) is 0 Å². The number of ether oxygens (including phenoxy) is 2. The maximum Gasteiger partial charge on any atom is 0.260 e. The van der Waals surface area contributed by atoms with Gasteiger partial charge in [0.2, 0.25) is 0 Å². The van der Waals surface area contributed by atoms with Gasteiger partial charge in [-0.25, -0.2) is 4.39 Å². The number of aliphatic hydroxyl groups excluding tert-OH is 1. The van der Waals surface area contributed by atoms with Gasteiger partial charge < -0.3 is 19.5 Å². The molecular formula is C20H27FN2O4. The first kappa shape index (κ1) is 18.7. The van der Waals surface area contributed by atoms with Crippen LogP contribution in [0.15, 0.2) is 24.3 Å². The van der Waals surface area contributed by atoms with E-state index < -0.39 is 0 Å². The first-order valence-corrected chi connectivity index (χ1v) is 9.76. The van der Waals surface area contributed by atoms with E-state index in [0.29, 0.717) is 30.7 Å². The lowest BCUT2D eigenvalue weighted by Gasteiger charge is -2.43. The second kappa shape index (κ2) is 8.12. The van der Waals surface area contributed by atoms with Gasteiger partial charge in [-0.15, -0.1) is 0 Å². The van der Waals surface area contributed by atoms with E-state index in [1.54, 1.807) is 12.1 Å².